The van der Waals surface area contributed by atoms with Crippen LogP contribution in [0.15, 0.2) is 24.3 Å². The second kappa shape index (κ2) is 5.41. The monoisotopic (exact) mass is 272 g/mol. The lowest BCUT2D eigenvalue weighted by Gasteiger charge is -2.38. The lowest BCUT2D eigenvalue weighted by atomic mass is 9.91. The Morgan fingerprint density at radius 1 is 1.21 bits per heavy atom. The van der Waals surface area contributed by atoms with E-state index in [1.54, 1.807) is 0 Å². The Morgan fingerprint density at radius 3 is 2.42 bits per heavy atom. The highest BCUT2D eigenvalue weighted by Crippen LogP contribution is 2.31. The number of nitrogens with zero attached hydrogens (tertiary/aromatic N) is 1. The smallest absolute Gasteiger partial charge is 0.370 e. The molecule has 106 valence electrons. The second-order valence-electron chi connectivity index (χ2n) is 5.42. The topological polar surface area (TPSA) is 29.3 Å². The molecule has 5 heteroatoms. The van der Waals surface area contributed by atoms with Crippen LogP contribution in [0, 0.1) is 12.8 Å². The second-order valence-corrected chi connectivity index (χ2v) is 5.42. The van der Waals surface area contributed by atoms with Crippen LogP contribution in [0.1, 0.15) is 18.4 Å². The minimum Gasteiger partial charge on any atom is -0.370 e. The molecule has 2 nitrogen and oxygen atoms in total. The van der Waals surface area contributed by atoms with Gasteiger partial charge in [-0.1, -0.05) is 17.7 Å². The molecule has 0 spiro atoms. The molecule has 1 aromatic rings. The molecule has 0 saturated carbocycles. The third-order valence-corrected chi connectivity index (χ3v) is 3.49. The van der Waals surface area contributed by atoms with E-state index < -0.39 is 18.5 Å². The molecule has 0 aromatic heterocycles. The van der Waals surface area contributed by atoms with Crippen LogP contribution in [0.2, 0.25) is 0 Å². The van der Waals surface area contributed by atoms with Gasteiger partial charge in [0.2, 0.25) is 0 Å². The van der Waals surface area contributed by atoms with Crippen molar-refractivity contribution >= 4 is 5.69 Å². The normalized spacial score (nSPS) is 24.6. The van der Waals surface area contributed by atoms with Gasteiger partial charge >= 0.3 is 6.18 Å². The summed E-state index contributed by atoms with van der Waals surface area (Å²) in [6, 6.07) is 7.63. The number of aryl methyl sites for hydroxylation is 1. The summed E-state index contributed by atoms with van der Waals surface area (Å²) in [4.78, 5) is 1.96. The number of anilines is 1. The van der Waals surface area contributed by atoms with E-state index in [-0.39, 0.29) is 6.04 Å². The number of nitrogens with two attached hydrogens (primary N) is 1. The van der Waals surface area contributed by atoms with E-state index in [4.69, 9.17) is 5.73 Å². The van der Waals surface area contributed by atoms with Gasteiger partial charge < -0.3 is 10.6 Å². The van der Waals surface area contributed by atoms with Crippen molar-refractivity contribution in [2.75, 3.05) is 18.0 Å². The van der Waals surface area contributed by atoms with E-state index in [1.165, 1.54) is 0 Å². The van der Waals surface area contributed by atoms with Crippen LogP contribution >= 0.6 is 0 Å². The van der Waals surface area contributed by atoms with Gasteiger partial charge in [0.1, 0.15) is 0 Å². The van der Waals surface area contributed by atoms with Gasteiger partial charge in [-0.2, -0.15) is 13.2 Å². The van der Waals surface area contributed by atoms with Crippen molar-refractivity contribution in [3.05, 3.63) is 29.8 Å². The Labute approximate surface area is 111 Å². The molecule has 2 atom stereocenters. The Balaban J connectivity index is 2.07. The molecule has 1 saturated heterocycles. The van der Waals surface area contributed by atoms with Gasteiger partial charge in [0.25, 0.3) is 0 Å². The summed E-state index contributed by atoms with van der Waals surface area (Å²) in [6.07, 6.45) is -4.41. The van der Waals surface area contributed by atoms with Gasteiger partial charge in [-0.15, -0.1) is 0 Å². The van der Waals surface area contributed by atoms with E-state index >= 15 is 0 Å². The first-order chi connectivity index (χ1) is 8.83. The molecule has 0 aliphatic carbocycles. The van der Waals surface area contributed by atoms with Crippen molar-refractivity contribution in [1.82, 2.24) is 0 Å². The van der Waals surface area contributed by atoms with E-state index in [0.29, 0.717) is 19.5 Å². The maximum absolute atomic E-state index is 12.5. The standard InChI is InChI=1S/C14H19F3N2/c1-10-2-4-13(5-3-10)19-8-11(6-12(18)9-19)7-14(15,16)17/h2-5,11-12H,6-9,18H2,1H3. The van der Waals surface area contributed by atoms with Crippen molar-refractivity contribution in [2.45, 2.75) is 32.0 Å². The molecule has 2 unspecified atom stereocenters. The van der Waals surface area contributed by atoms with Gasteiger partial charge in [-0.3, -0.25) is 0 Å². The quantitative estimate of drug-likeness (QED) is 0.896. The summed E-state index contributed by atoms with van der Waals surface area (Å²) in [7, 11) is 0. The lowest BCUT2D eigenvalue weighted by Crippen LogP contribution is -2.48. The first-order valence-electron chi connectivity index (χ1n) is 6.47. The highest BCUT2D eigenvalue weighted by atomic mass is 19.4. The Hall–Kier alpha value is -1.23. The molecule has 1 aromatic carbocycles. The van der Waals surface area contributed by atoms with E-state index in [2.05, 4.69) is 0 Å². The fourth-order valence-corrected chi connectivity index (χ4v) is 2.69. The van der Waals surface area contributed by atoms with E-state index in [1.807, 2.05) is 36.1 Å². The van der Waals surface area contributed by atoms with Gasteiger partial charge in [0, 0.05) is 31.2 Å². The van der Waals surface area contributed by atoms with Crippen LogP contribution in [-0.2, 0) is 0 Å². The number of hydrogen-bond acceptors (Lipinski definition) is 2. The first-order valence-corrected chi connectivity index (χ1v) is 6.47. The van der Waals surface area contributed by atoms with Crippen LogP contribution in [0.5, 0.6) is 0 Å². The Bertz CT molecular complexity index is 414. The fourth-order valence-electron chi connectivity index (χ4n) is 2.69. The summed E-state index contributed by atoms with van der Waals surface area (Å²) < 4.78 is 37.5. The summed E-state index contributed by atoms with van der Waals surface area (Å²) >= 11 is 0. The summed E-state index contributed by atoms with van der Waals surface area (Å²) in [5, 5.41) is 0. The van der Waals surface area contributed by atoms with Crippen LogP contribution in [0.25, 0.3) is 0 Å². The number of rotatable bonds is 2. The van der Waals surface area contributed by atoms with Crippen LogP contribution in [0.3, 0.4) is 0 Å². The zero-order valence-electron chi connectivity index (χ0n) is 11.0. The maximum atomic E-state index is 12.5. The van der Waals surface area contributed by atoms with Crippen molar-refractivity contribution in [2.24, 2.45) is 11.7 Å². The van der Waals surface area contributed by atoms with E-state index in [9.17, 15) is 13.2 Å². The predicted octanol–water partition coefficient (Wildman–Crippen LogP) is 3.10. The van der Waals surface area contributed by atoms with Crippen LogP contribution in [0.4, 0.5) is 18.9 Å². The third kappa shape index (κ3) is 4.13. The van der Waals surface area contributed by atoms with Crippen molar-refractivity contribution in [1.29, 1.82) is 0 Å². The van der Waals surface area contributed by atoms with Gasteiger partial charge in [0.05, 0.1) is 0 Å². The minimum atomic E-state index is -4.11. The first kappa shape index (κ1) is 14.2. The van der Waals surface area contributed by atoms with Crippen LogP contribution < -0.4 is 10.6 Å². The summed E-state index contributed by atoms with van der Waals surface area (Å²) in [5.41, 5.74) is 7.98. The highest BCUT2D eigenvalue weighted by Gasteiger charge is 2.35. The number of piperidine rings is 1. The van der Waals surface area contributed by atoms with Crippen molar-refractivity contribution < 1.29 is 13.2 Å². The summed E-state index contributed by atoms with van der Waals surface area (Å²) in [5.74, 6) is -0.412. The number of hydrogen-bond donors (Lipinski definition) is 1. The van der Waals surface area contributed by atoms with Gasteiger partial charge in [0.15, 0.2) is 0 Å². The average Bonchev–Trinajstić information content (AvgIpc) is 2.26. The zero-order valence-corrected chi connectivity index (χ0v) is 11.0. The van der Waals surface area contributed by atoms with Crippen molar-refractivity contribution in [3.63, 3.8) is 0 Å². The largest absolute Gasteiger partial charge is 0.389 e. The number of halogens is 3. The average molecular weight is 272 g/mol. The molecular formula is C14H19F3N2. The molecule has 1 aliphatic heterocycles. The van der Waals surface area contributed by atoms with Crippen LogP contribution in [-0.4, -0.2) is 25.3 Å². The molecule has 1 fully saturated rings. The molecule has 0 amide bonds. The fraction of sp³-hybridized carbons (Fsp3) is 0.571. The van der Waals surface area contributed by atoms with Gasteiger partial charge in [-0.25, -0.2) is 0 Å². The molecule has 0 radical (unpaired) electrons. The highest BCUT2D eigenvalue weighted by molar-refractivity contribution is 5.48. The molecular weight excluding hydrogens is 253 g/mol. The summed E-state index contributed by atoms with van der Waals surface area (Å²) in [6.45, 7) is 3.03. The zero-order chi connectivity index (χ0) is 14.0. The molecule has 1 heterocycles. The van der Waals surface area contributed by atoms with Crippen molar-refractivity contribution in [3.8, 4) is 0 Å². The molecule has 1 aliphatic rings. The molecule has 2 N–H and O–H groups in total. The SMILES string of the molecule is Cc1ccc(N2CC(N)CC(CC(F)(F)F)C2)cc1. The number of benzene rings is 1. The lowest BCUT2D eigenvalue weighted by molar-refractivity contribution is -0.145. The maximum Gasteiger partial charge on any atom is 0.389 e. The molecule has 19 heavy (non-hydrogen) atoms. The molecule has 2 rings (SSSR count). The predicted molar refractivity (Wildman–Crippen MR) is 70.1 cm³/mol. The van der Waals surface area contributed by atoms with Gasteiger partial charge in [-0.05, 0) is 31.4 Å². The van der Waals surface area contributed by atoms with E-state index in [0.717, 1.165) is 11.3 Å². The molecule has 0 bridgehead atoms. The number of alkyl halides is 3. The Kier molecular flexibility index (Phi) is 4.04. The minimum absolute atomic E-state index is 0.192. The third-order valence-electron chi connectivity index (χ3n) is 3.49. The Morgan fingerprint density at radius 2 is 1.84 bits per heavy atom.